The second kappa shape index (κ2) is 7.40. The van der Waals surface area contributed by atoms with Gasteiger partial charge in [-0.05, 0) is 45.7 Å². The second-order valence-corrected chi connectivity index (χ2v) is 5.30. The Morgan fingerprint density at radius 3 is 3.15 bits per heavy atom. The molecule has 1 saturated heterocycles. The molecule has 1 aromatic heterocycles. The third-order valence-electron chi connectivity index (χ3n) is 3.73. The molecule has 0 bridgehead atoms. The molecule has 1 aromatic rings. The fraction of sp³-hybridized carbons (Fsp3) is 0.714. The van der Waals surface area contributed by atoms with Crippen molar-refractivity contribution >= 4 is 5.91 Å². The van der Waals surface area contributed by atoms with Gasteiger partial charge in [0.05, 0.1) is 6.61 Å². The molecule has 2 heterocycles. The number of aryl methyl sites for hydroxylation is 1. The van der Waals surface area contributed by atoms with Crippen molar-refractivity contribution < 1.29 is 14.4 Å². The highest BCUT2D eigenvalue weighted by Gasteiger charge is 2.22. The van der Waals surface area contributed by atoms with E-state index in [2.05, 4.69) is 15.4 Å². The van der Waals surface area contributed by atoms with Gasteiger partial charge in [0.1, 0.15) is 5.76 Å². The summed E-state index contributed by atoms with van der Waals surface area (Å²) in [5, 5.41) is 15.7. The normalized spacial score (nSPS) is 19.4. The number of rotatable bonds is 7. The Hall–Kier alpha value is -1.40. The van der Waals surface area contributed by atoms with E-state index in [4.69, 9.17) is 4.52 Å². The zero-order valence-corrected chi connectivity index (χ0v) is 12.0. The van der Waals surface area contributed by atoms with Crippen molar-refractivity contribution in [3.8, 4) is 0 Å². The van der Waals surface area contributed by atoms with Gasteiger partial charge in [-0.25, -0.2) is 0 Å². The van der Waals surface area contributed by atoms with Gasteiger partial charge < -0.3 is 14.9 Å². The van der Waals surface area contributed by atoms with Crippen LogP contribution in [0.1, 0.15) is 41.9 Å². The number of carbonyl (C=O) groups excluding carboxylic acids is 1. The molecule has 20 heavy (non-hydrogen) atoms. The lowest BCUT2D eigenvalue weighted by Crippen LogP contribution is -2.33. The molecule has 1 fully saturated rings. The number of nitrogens with zero attached hydrogens (tertiary/aromatic N) is 2. The van der Waals surface area contributed by atoms with Crippen LogP contribution in [0.25, 0.3) is 0 Å². The van der Waals surface area contributed by atoms with Crippen LogP contribution in [0, 0.1) is 6.92 Å². The van der Waals surface area contributed by atoms with Crippen molar-refractivity contribution in [2.24, 2.45) is 0 Å². The fourth-order valence-electron chi connectivity index (χ4n) is 2.60. The van der Waals surface area contributed by atoms with Crippen LogP contribution in [0.5, 0.6) is 0 Å². The topological polar surface area (TPSA) is 78.6 Å². The van der Waals surface area contributed by atoms with Crippen LogP contribution in [-0.2, 0) is 0 Å². The van der Waals surface area contributed by atoms with Crippen LogP contribution >= 0.6 is 0 Å². The Morgan fingerprint density at radius 2 is 2.45 bits per heavy atom. The van der Waals surface area contributed by atoms with Crippen molar-refractivity contribution in [1.82, 2.24) is 15.4 Å². The molecule has 112 valence electrons. The summed E-state index contributed by atoms with van der Waals surface area (Å²) in [6.45, 7) is 4.72. The number of amides is 1. The number of likely N-dealkylation sites (tertiary alicyclic amines) is 1. The summed E-state index contributed by atoms with van der Waals surface area (Å²) < 4.78 is 4.86. The number of aromatic nitrogens is 1. The summed E-state index contributed by atoms with van der Waals surface area (Å²) in [6, 6.07) is 1.97. The smallest absolute Gasteiger partial charge is 0.273 e. The quantitative estimate of drug-likeness (QED) is 0.728. The molecular formula is C14H23N3O3. The maximum Gasteiger partial charge on any atom is 0.273 e. The molecule has 0 saturated carbocycles. The molecule has 0 radical (unpaired) electrons. The molecule has 1 atom stereocenters. The van der Waals surface area contributed by atoms with Gasteiger partial charge in [0, 0.05) is 18.7 Å². The van der Waals surface area contributed by atoms with E-state index in [0.717, 1.165) is 32.4 Å². The summed E-state index contributed by atoms with van der Waals surface area (Å²) in [5.41, 5.74) is 0.336. The number of carbonyl (C=O) groups is 1. The standard InChI is InChI=1S/C14H23N3O3/c1-11-9-13(16-20-11)14(19)15-6-2-3-7-17-8-4-5-12(17)10-18/h9,12,18H,2-8,10H2,1H3,(H,15,19). The molecule has 1 amide bonds. The first-order chi connectivity index (χ1) is 9.70. The van der Waals surface area contributed by atoms with E-state index in [9.17, 15) is 9.90 Å². The SMILES string of the molecule is Cc1cc(C(=O)NCCCCN2CCCC2CO)no1. The maximum atomic E-state index is 11.7. The molecule has 6 nitrogen and oxygen atoms in total. The highest BCUT2D eigenvalue weighted by atomic mass is 16.5. The van der Waals surface area contributed by atoms with Crippen molar-refractivity contribution in [2.75, 3.05) is 26.2 Å². The average Bonchev–Trinajstić information content (AvgIpc) is 3.06. The van der Waals surface area contributed by atoms with E-state index < -0.39 is 0 Å². The molecule has 6 heteroatoms. The number of hydrogen-bond acceptors (Lipinski definition) is 5. The zero-order valence-electron chi connectivity index (χ0n) is 12.0. The zero-order chi connectivity index (χ0) is 14.4. The molecule has 1 unspecified atom stereocenters. The van der Waals surface area contributed by atoms with Gasteiger partial charge in [0.25, 0.3) is 5.91 Å². The van der Waals surface area contributed by atoms with Gasteiger partial charge in [0.15, 0.2) is 5.69 Å². The first-order valence-electron chi connectivity index (χ1n) is 7.27. The average molecular weight is 281 g/mol. The molecule has 0 aliphatic carbocycles. The lowest BCUT2D eigenvalue weighted by molar-refractivity contribution is 0.0943. The van der Waals surface area contributed by atoms with E-state index in [1.54, 1.807) is 13.0 Å². The van der Waals surface area contributed by atoms with Crippen LogP contribution in [0.15, 0.2) is 10.6 Å². The Labute approximate surface area is 119 Å². The van der Waals surface area contributed by atoms with Gasteiger partial charge in [-0.15, -0.1) is 0 Å². The Balaban J connectivity index is 1.58. The first-order valence-corrected chi connectivity index (χ1v) is 7.27. The predicted molar refractivity (Wildman–Crippen MR) is 74.5 cm³/mol. The lowest BCUT2D eigenvalue weighted by Gasteiger charge is -2.22. The number of hydrogen-bond donors (Lipinski definition) is 2. The van der Waals surface area contributed by atoms with E-state index in [0.29, 0.717) is 24.0 Å². The third kappa shape index (κ3) is 4.05. The largest absolute Gasteiger partial charge is 0.395 e. The first kappa shape index (κ1) is 15.0. The summed E-state index contributed by atoms with van der Waals surface area (Å²) in [6.07, 6.45) is 4.22. The number of unbranched alkanes of at least 4 members (excludes halogenated alkanes) is 1. The van der Waals surface area contributed by atoms with Gasteiger partial charge in [-0.3, -0.25) is 9.69 Å². The molecule has 0 aromatic carbocycles. The van der Waals surface area contributed by atoms with Gasteiger partial charge in [-0.2, -0.15) is 0 Å². The molecule has 1 aliphatic heterocycles. The summed E-state index contributed by atoms with van der Waals surface area (Å²) >= 11 is 0. The van der Waals surface area contributed by atoms with E-state index in [1.807, 2.05) is 0 Å². The van der Waals surface area contributed by atoms with E-state index in [1.165, 1.54) is 6.42 Å². The van der Waals surface area contributed by atoms with E-state index >= 15 is 0 Å². The lowest BCUT2D eigenvalue weighted by atomic mass is 10.2. The van der Waals surface area contributed by atoms with Crippen molar-refractivity contribution in [2.45, 2.75) is 38.6 Å². The predicted octanol–water partition coefficient (Wildman–Crippen LogP) is 0.950. The summed E-state index contributed by atoms with van der Waals surface area (Å²) in [7, 11) is 0. The van der Waals surface area contributed by atoms with Crippen LogP contribution in [0.2, 0.25) is 0 Å². The number of aliphatic hydroxyl groups excluding tert-OH is 1. The second-order valence-electron chi connectivity index (χ2n) is 5.30. The minimum Gasteiger partial charge on any atom is -0.395 e. The van der Waals surface area contributed by atoms with Crippen molar-refractivity contribution in [3.63, 3.8) is 0 Å². The van der Waals surface area contributed by atoms with Crippen LogP contribution in [0.4, 0.5) is 0 Å². The molecule has 2 rings (SSSR count). The Morgan fingerprint density at radius 1 is 1.60 bits per heavy atom. The maximum absolute atomic E-state index is 11.7. The van der Waals surface area contributed by atoms with Gasteiger partial charge >= 0.3 is 0 Å². The van der Waals surface area contributed by atoms with Crippen molar-refractivity contribution in [3.05, 3.63) is 17.5 Å². The number of aliphatic hydroxyl groups is 1. The molecule has 1 aliphatic rings. The van der Waals surface area contributed by atoms with Gasteiger partial charge in [0.2, 0.25) is 0 Å². The highest BCUT2D eigenvalue weighted by molar-refractivity contribution is 5.92. The van der Waals surface area contributed by atoms with E-state index in [-0.39, 0.29) is 12.5 Å². The number of nitrogens with one attached hydrogen (secondary N) is 1. The van der Waals surface area contributed by atoms with Gasteiger partial charge in [-0.1, -0.05) is 5.16 Å². The third-order valence-corrected chi connectivity index (χ3v) is 3.73. The van der Waals surface area contributed by atoms with Crippen LogP contribution in [0.3, 0.4) is 0 Å². The minimum absolute atomic E-state index is 0.184. The monoisotopic (exact) mass is 281 g/mol. The molecule has 0 spiro atoms. The summed E-state index contributed by atoms with van der Waals surface area (Å²) in [4.78, 5) is 14.0. The summed E-state index contributed by atoms with van der Waals surface area (Å²) in [5.74, 6) is 0.454. The molecule has 2 N–H and O–H groups in total. The Kier molecular flexibility index (Phi) is 5.55. The Bertz CT molecular complexity index is 433. The van der Waals surface area contributed by atoms with Crippen molar-refractivity contribution in [1.29, 1.82) is 0 Å². The highest BCUT2D eigenvalue weighted by Crippen LogP contribution is 2.16. The van der Waals surface area contributed by atoms with Crippen LogP contribution in [-0.4, -0.2) is 53.4 Å². The fourth-order valence-corrected chi connectivity index (χ4v) is 2.60. The van der Waals surface area contributed by atoms with Crippen LogP contribution < -0.4 is 5.32 Å². The molecular weight excluding hydrogens is 258 g/mol. The minimum atomic E-state index is -0.184.